The second-order valence-electron chi connectivity index (χ2n) is 4.36. The molecule has 0 aromatic carbocycles. The van der Waals surface area contributed by atoms with Gasteiger partial charge >= 0.3 is 0 Å². The molecule has 0 heterocycles. The first kappa shape index (κ1) is 12.9. The Balaban J connectivity index is 3.69. The zero-order valence-corrected chi connectivity index (χ0v) is 9.81. The van der Waals surface area contributed by atoms with E-state index in [2.05, 4.69) is 33.0 Å². The van der Waals surface area contributed by atoms with Crippen molar-refractivity contribution in [2.24, 2.45) is 5.92 Å². The highest BCUT2D eigenvalue weighted by Crippen LogP contribution is 2.15. The van der Waals surface area contributed by atoms with Crippen molar-refractivity contribution in [1.82, 2.24) is 5.32 Å². The fourth-order valence-corrected chi connectivity index (χ4v) is 1.19. The van der Waals surface area contributed by atoms with Crippen molar-refractivity contribution in [3.05, 3.63) is 0 Å². The zero-order valence-electron chi connectivity index (χ0n) is 9.81. The molecule has 0 saturated heterocycles. The maximum absolute atomic E-state index is 5.87. The molecule has 0 aliphatic rings. The summed E-state index contributed by atoms with van der Waals surface area (Å²) >= 11 is 0. The predicted octanol–water partition coefficient (Wildman–Crippen LogP) is 2.44. The molecule has 2 heteroatoms. The van der Waals surface area contributed by atoms with E-state index in [1.54, 1.807) is 0 Å². The van der Waals surface area contributed by atoms with Gasteiger partial charge in [0.25, 0.3) is 0 Å². The minimum Gasteiger partial charge on any atom is -0.374 e. The Morgan fingerprint density at radius 3 is 2.38 bits per heavy atom. The van der Waals surface area contributed by atoms with Gasteiger partial charge in [0.05, 0.1) is 5.60 Å². The summed E-state index contributed by atoms with van der Waals surface area (Å²) in [6.45, 7) is 10.6. The summed E-state index contributed by atoms with van der Waals surface area (Å²) in [5.41, 5.74) is 0.0175. The lowest BCUT2D eigenvalue weighted by molar-refractivity contribution is -0.0360. The molecule has 0 aromatic heterocycles. The molecule has 0 rings (SSSR count). The van der Waals surface area contributed by atoms with Gasteiger partial charge in [-0.25, -0.2) is 0 Å². The maximum atomic E-state index is 5.87. The van der Waals surface area contributed by atoms with Crippen LogP contribution in [-0.4, -0.2) is 25.8 Å². The Morgan fingerprint density at radius 2 is 2.00 bits per heavy atom. The smallest absolute Gasteiger partial charge is 0.0775 e. The molecular formula is C11H25NO. The summed E-state index contributed by atoms with van der Waals surface area (Å²) in [5, 5.41) is 3.17. The van der Waals surface area contributed by atoms with Crippen LogP contribution in [0.1, 0.15) is 40.5 Å². The van der Waals surface area contributed by atoms with E-state index in [1.165, 1.54) is 0 Å². The van der Waals surface area contributed by atoms with Gasteiger partial charge in [0.2, 0.25) is 0 Å². The molecule has 0 aromatic rings. The van der Waals surface area contributed by atoms with Gasteiger partial charge in [-0.3, -0.25) is 0 Å². The molecule has 0 aliphatic heterocycles. The highest BCUT2D eigenvalue weighted by molar-refractivity contribution is 4.75. The SMILES string of the molecule is CCC(C)(CNC)OCCC(C)C. The third kappa shape index (κ3) is 6.05. The van der Waals surface area contributed by atoms with Crippen molar-refractivity contribution >= 4 is 0 Å². The number of ether oxygens (including phenoxy) is 1. The van der Waals surface area contributed by atoms with E-state index in [9.17, 15) is 0 Å². The lowest BCUT2D eigenvalue weighted by atomic mass is 10.0. The van der Waals surface area contributed by atoms with Crippen molar-refractivity contribution in [2.75, 3.05) is 20.2 Å². The molecular weight excluding hydrogens is 162 g/mol. The van der Waals surface area contributed by atoms with Crippen LogP contribution in [0.2, 0.25) is 0 Å². The summed E-state index contributed by atoms with van der Waals surface area (Å²) in [6.07, 6.45) is 2.21. The van der Waals surface area contributed by atoms with E-state index in [0.29, 0.717) is 0 Å². The van der Waals surface area contributed by atoms with Gasteiger partial charge in [-0.15, -0.1) is 0 Å². The van der Waals surface area contributed by atoms with Gasteiger partial charge in [-0.05, 0) is 32.7 Å². The predicted molar refractivity (Wildman–Crippen MR) is 58.0 cm³/mol. The first-order valence-corrected chi connectivity index (χ1v) is 5.32. The molecule has 0 aliphatic carbocycles. The van der Waals surface area contributed by atoms with E-state index in [4.69, 9.17) is 4.74 Å². The normalized spacial score (nSPS) is 16.2. The molecule has 0 spiro atoms. The monoisotopic (exact) mass is 187 g/mol. The summed E-state index contributed by atoms with van der Waals surface area (Å²) < 4.78 is 5.87. The van der Waals surface area contributed by atoms with Crippen LogP contribution in [0.4, 0.5) is 0 Å². The second-order valence-corrected chi connectivity index (χ2v) is 4.36. The Hall–Kier alpha value is -0.0800. The van der Waals surface area contributed by atoms with Crippen LogP contribution < -0.4 is 5.32 Å². The Labute approximate surface area is 83.1 Å². The number of rotatable bonds is 7. The first-order chi connectivity index (χ1) is 6.04. The molecule has 80 valence electrons. The molecule has 2 nitrogen and oxygen atoms in total. The Bertz CT molecular complexity index is 125. The first-order valence-electron chi connectivity index (χ1n) is 5.32. The van der Waals surface area contributed by atoms with Crippen molar-refractivity contribution < 1.29 is 4.74 Å². The van der Waals surface area contributed by atoms with Gasteiger partial charge in [0.1, 0.15) is 0 Å². The van der Waals surface area contributed by atoms with Gasteiger partial charge in [0.15, 0.2) is 0 Å². The van der Waals surface area contributed by atoms with Crippen LogP contribution in [0.5, 0.6) is 0 Å². The Kier molecular flexibility index (Phi) is 6.35. The average Bonchev–Trinajstić information content (AvgIpc) is 2.04. The highest BCUT2D eigenvalue weighted by atomic mass is 16.5. The highest BCUT2D eigenvalue weighted by Gasteiger charge is 2.21. The second kappa shape index (κ2) is 6.39. The van der Waals surface area contributed by atoms with E-state index in [-0.39, 0.29) is 5.60 Å². The van der Waals surface area contributed by atoms with Gasteiger partial charge in [-0.1, -0.05) is 20.8 Å². The molecule has 13 heavy (non-hydrogen) atoms. The Morgan fingerprint density at radius 1 is 1.38 bits per heavy atom. The van der Waals surface area contributed by atoms with Crippen molar-refractivity contribution in [1.29, 1.82) is 0 Å². The molecule has 1 unspecified atom stereocenters. The van der Waals surface area contributed by atoms with Gasteiger partial charge < -0.3 is 10.1 Å². The summed E-state index contributed by atoms with van der Waals surface area (Å²) in [7, 11) is 1.97. The van der Waals surface area contributed by atoms with Crippen LogP contribution in [0, 0.1) is 5.92 Å². The maximum Gasteiger partial charge on any atom is 0.0775 e. The summed E-state index contributed by atoms with van der Waals surface area (Å²) in [5.74, 6) is 0.732. The van der Waals surface area contributed by atoms with Gasteiger partial charge in [-0.2, -0.15) is 0 Å². The zero-order chi connectivity index (χ0) is 10.3. The fourth-order valence-electron chi connectivity index (χ4n) is 1.19. The van der Waals surface area contributed by atoms with E-state index in [0.717, 1.165) is 31.9 Å². The lowest BCUT2D eigenvalue weighted by Gasteiger charge is -2.28. The third-order valence-electron chi connectivity index (χ3n) is 2.44. The van der Waals surface area contributed by atoms with Crippen molar-refractivity contribution in [2.45, 2.75) is 46.1 Å². The largest absolute Gasteiger partial charge is 0.374 e. The van der Waals surface area contributed by atoms with E-state index >= 15 is 0 Å². The number of nitrogens with one attached hydrogen (secondary N) is 1. The van der Waals surface area contributed by atoms with Crippen LogP contribution >= 0.6 is 0 Å². The molecule has 0 fully saturated rings. The van der Waals surface area contributed by atoms with E-state index in [1.807, 2.05) is 7.05 Å². The molecule has 1 atom stereocenters. The van der Waals surface area contributed by atoms with Crippen molar-refractivity contribution in [3.8, 4) is 0 Å². The summed E-state index contributed by atoms with van der Waals surface area (Å²) in [4.78, 5) is 0. The number of likely N-dealkylation sites (N-methyl/N-ethyl adjacent to an activating group) is 1. The fraction of sp³-hybridized carbons (Fsp3) is 1.00. The quantitative estimate of drug-likeness (QED) is 0.661. The molecule has 0 bridgehead atoms. The van der Waals surface area contributed by atoms with Crippen LogP contribution in [0.25, 0.3) is 0 Å². The average molecular weight is 187 g/mol. The van der Waals surface area contributed by atoms with Gasteiger partial charge in [0, 0.05) is 13.2 Å². The number of hydrogen-bond acceptors (Lipinski definition) is 2. The molecule has 0 amide bonds. The van der Waals surface area contributed by atoms with Crippen LogP contribution in [-0.2, 0) is 4.74 Å². The molecule has 1 N–H and O–H groups in total. The van der Waals surface area contributed by atoms with E-state index < -0.39 is 0 Å². The van der Waals surface area contributed by atoms with Crippen molar-refractivity contribution in [3.63, 3.8) is 0 Å². The number of hydrogen-bond donors (Lipinski definition) is 1. The van der Waals surface area contributed by atoms with Crippen LogP contribution in [0.3, 0.4) is 0 Å². The topological polar surface area (TPSA) is 21.3 Å². The third-order valence-corrected chi connectivity index (χ3v) is 2.44. The molecule has 0 radical (unpaired) electrons. The standard InChI is InChI=1S/C11H25NO/c1-6-11(4,9-12-5)13-8-7-10(2)3/h10,12H,6-9H2,1-5H3. The molecule has 0 saturated carbocycles. The summed E-state index contributed by atoms with van der Waals surface area (Å²) in [6, 6.07) is 0. The minimum absolute atomic E-state index is 0.0175. The lowest BCUT2D eigenvalue weighted by Crippen LogP contribution is -2.38. The minimum atomic E-state index is 0.0175. The van der Waals surface area contributed by atoms with Crippen LogP contribution in [0.15, 0.2) is 0 Å².